The molecule has 1 N–H and O–H groups in total. The van der Waals surface area contributed by atoms with Gasteiger partial charge in [0.15, 0.2) is 5.03 Å². The van der Waals surface area contributed by atoms with Crippen molar-refractivity contribution in [1.29, 1.82) is 0 Å². The van der Waals surface area contributed by atoms with Crippen LogP contribution in [0.4, 0.5) is 0 Å². The first-order chi connectivity index (χ1) is 16.2. The lowest BCUT2D eigenvalue weighted by atomic mass is 9.71. The molecule has 3 aromatic rings. The fraction of sp³-hybridized carbons (Fsp3) is 0.333. The molecular formula is C24H24Cl2N4O3S. The Morgan fingerprint density at radius 3 is 2.53 bits per heavy atom. The zero-order chi connectivity index (χ0) is 24.1. The molecule has 5 rings (SSSR count). The molecule has 1 aliphatic heterocycles. The molecule has 1 unspecified atom stereocenters. The topological polar surface area (TPSA) is 84.3 Å². The summed E-state index contributed by atoms with van der Waals surface area (Å²) in [5.41, 5.74) is 2.46. The smallest absolute Gasteiger partial charge is 0.262 e. The highest BCUT2D eigenvalue weighted by Crippen LogP contribution is 2.47. The van der Waals surface area contributed by atoms with Crippen molar-refractivity contribution in [3.8, 4) is 0 Å². The van der Waals surface area contributed by atoms with Crippen molar-refractivity contribution in [2.75, 3.05) is 13.1 Å². The Labute approximate surface area is 208 Å². The highest BCUT2D eigenvalue weighted by Gasteiger charge is 2.50. The highest BCUT2D eigenvalue weighted by molar-refractivity contribution is 7.89. The third-order valence-electron chi connectivity index (χ3n) is 7.03. The Bertz CT molecular complexity index is 1360. The van der Waals surface area contributed by atoms with Gasteiger partial charge in [-0.3, -0.25) is 4.79 Å². The molecule has 1 spiro atoms. The third kappa shape index (κ3) is 3.92. The van der Waals surface area contributed by atoms with Crippen LogP contribution in [0.5, 0.6) is 0 Å². The number of sulfonamides is 1. The number of carbonyl (C=O) groups is 1. The number of benzene rings is 2. The Kier molecular flexibility index (Phi) is 5.96. The van der Waals surface area contributed by atoms with Gasteiger partial charge in [-0.15, -0.1) is 0 Å². The second-order valence-corrected chi connectivity index (χ2v) is 11.7. The van der Waals surface area contributed by atoms with Crippen molar-refractivity contribution >= 4 is 39.1 Å². The zero-order valence-corrected chi connectivity index (χ0v) is 20.9. The molecule has 0 saturated carbocycles. The number of hydrogen-bond acceptors (Lipinski definition) is 4. The number of fused-ring (bicyclic) bond motifs is 2. The van der Waals surface area contributed by atoms with Crippen molar-refractivity contribution in [2.24, 2.45) is 7.05 Å². The van der Waals surface area contributed by atoms with E-state index in [1.54, 1.807) is 29.8 Å². The number of carbonyl (C=O) groups excluding carboxylic acids is 1. The second-order valence-electron chi connectivity index (χ2n) is 8.95. The maximum atomic E-state index is 13.1. The molecule has 7 nitrogen and oxygen atoms in total. The summed E-state index contributed by atoms with van der Waals surface area (Å²) in [6, 6.07) is 12.8. The van der Waals surface area contributed by atoms with Crippen LogP contribution in [0, 0.1) is 0 Å². The van der Waals surface area contributed by atoms with E-state index in [-0.39, 0.29) is 22.4 Å². The van der Waals surface area contributed by atoms with Gasteiger partial charge in [-0.05, 0) is 48.6 Å². The number of aromatic nitrogens is 2. The molecule has 2 aromatic carbocycles. The van der Waals surface area contributed by atoms with E-state index in [2.05, 4.69) is 22.4 Å². The second kappa shape index (κ2) is 8.68. The highest BCUT2D eigenvalue weighted by atomic mass is 35.5. The molecule has 1 aromatic heterocycles. The van der Waals surface area contributed by atoms with Gasteiger partial charge in [-0.25, -0.2) is 13.4 Å². The molecule has 178 valence electrons. The van der Waals surface area contributed by atoms with Crippen LogP contribution in [0.15, 0.2) is 60.0 Å². The third-order valence-corrected chi connectivity index (χ3v) is 9.56. The van der Waals surface area contributed by atoms with Gasteiger partial charge in [0.1, 0.15) is 0 Å². The summed E-state index contributed by atoms with van der Waals surface area (Å²) in [4.78, 5) is 17.2. The minimum Gasteiger partial charge on any atom is -0.348 e. The molecule has 1 amide bonds. The lowest BCUT2D eigenvalue weighted by Crippen LogP contribution is -2.54. The van der Waals surface area contributed by atoms with Crippen LogP contribution in [0.25, 0.3) is 0 Å². The van der Waals surface area contributed by atoms with Crippen molar-refractivity contribution in [3.63, 3.8) is 0 Å². The van der Waals surface area contributed by atoms with E-state index in [9.17, 15) is 13.2 Å². The molecule has 34 heavy (non-hydrogen) atoms. The first-order valence-corrected chi connectivity index (χ1v) is 13.2. The SMILES string of the molecule is Cn1cnc(S(=O)(=O)N2CCC3(CC2)c2ccccc2CC3NC(=O)c2ccc(Cl)c(Cl)c2)c1. The Balaban J connectivity index is 1.41. The lowest BCUT2D eigenvalue weighted by Gasteiger charge is -2.43. The summed E-state index contributed by atoms with van der Waals surface area (Å²) in [6.45, 7) is 0.707. The van der Waals surface area contributed by atoms with Gasteiger partial charge in [0, 0.05) is 43.4 Å². The van der Waals surface area contributed by atoms with Crippen LogP contribution in [-0.2, 0) is 28.9 Å². The molecule has 1 atom stereocenters. The maximum Gasteiger partial charge on any atom is 0.262 e. The quantitative estimate of drug-likeness (QED) is 0.569. The van der Waals surface area contributed by atoms with Crippen LogP contribution in [0.3, 0.4) is 0 Å². The van der Waals surface area contributed by atoms with E-state index in [4.69, 9.17) is 23.2 Å². The Morgan fingerprint density at radius 2 is 1.85 bits per heavy atom. The largest absolute Gasteiger partial charge is 0.348 e. The summed E-state index contributed by atoms with van der Waals surface area (Å²) in [7, 11) is -1.93. The van der Waals surface area contributed by atoms with Crippen LogP contribution in [0.2, 0.25) is 10.0 Å². The summed E-state index contributed by atoms with van der Waals surface area (Å²) in [6.07, 6.45) is 4.89. The predicted molar refractivity (Wildman–Crippen MR) is 131 cm³/mol. The van der Waals surface area contributed by atoms with E-state index in [1.165, 1.54) is 28.0 Å². The summed E-state index contributed by atoms with van der Waals surface area (Å²) < 4.78 is 29.3. The lowest BCUT2D eigenvalue weighted by molar-refractivity contribution is 0.0896. The van der Waals surface area contributed by atoms with Crippen molar-refractivity contribution < 1.29 is 13.2 Å². The first-order valence-electron chi connectivity index (χ1n) is 11.0. The number of nitrogens with zero attached hydrogens (tertiary/aromatic N) is 3. The van der Waals surface area contributed by atoms with E-state index in [0.29, 0.717) is 48.0 Å². The van der Waals surface area contributed by atoms with Crippen LogP contribution >= 0.6 is 23.2 Å². The van der Waals surface area contributed by atoms with E-state index in [0.717, 1.165) is 0 Å². The van der Waals surface area contributed by atoms with E-state index >= 15 is 0 Å². The molecule has 2 heterocycles. The van der Waals surface area contributed by atoms with Crippen molar-refractivity contribution in [2.45, 2.75) is 35.7 Å². The van der Waals surface area contributed by atoms with Gasteiger partial charge in [0.25, 0.3) is 15.9 Å². The standard InChI is InChI=1S/C24H24Cl2N4O3S/c1-29-14-22(27-15-29)34(32,33)30-10-8-24(9-11-30)18-5-3-2-4-16(18)13-21(24)28-23(31)17-6-7-19(25)20(26)12-17/h2-7,12,14-15,21H,8-11,13H2,1H3,(H,28,31). The van der Waals surface area contributed by atoms with Crippen LogP contribution in [-0.4, -0.2) is 47.3 Å². The van der Waals surface area contributed by atoms with Gasteiger partial charge in [-0.1, -0.05) is 47.5 Å². The number of rotatable bonds is 4. The predicted octanol–water partition coefficient (Wildman–Crippen LogP) is 3.80. The van der Waals surface area contributed by atoms with E-state index in [1.807, 2.05) is 12.1 Å². The zero-order valence-electron chi connectivity index (χ0n) is 18.5. The molecular weight excluding hydrogens is 495 g/mol. The van der Waals surface area contributed by atoms with Gasteiger partial charge < -0.3 is 9.88 Å². The Hall–Kier alpha value is -2.39. The molecule has 0 radical (unpaired) electrons. The molecule has 1 fully saturated rings. The normalized spacial score (nSPS) is 19.8. The molecule has 10 heteroatoms. The minimum absolute atomic E-state index is 0.0576. The van der Waals surface area contributed by atoms with E-state index < -0.39 is 10.0 Å². The van der Waals surface area contributed by atoms with Crippen LogP contribution in [0.1, 0.15) is 34.3 Å². The monoisotopic (exact) mass is 518 g/mol. The van der Waals surface area contributed by atoms with Gasteiger partial charge in [0.05, 0.1) is 16.4 Å². The van der Waals surface area contributed by atoms with Crippen LogP contribution < -0.4 is 5.32 Å². The molecule has 1 saturated heterocycles. The van der Waals surface area contributed by atoms with Gasteiger partial charge in [-0.2, -0.15) is 4.31 Å². The minimum atomic E-state index is -3.67. The van der Waals surface area contributed by atoms with Gasteiger partial charge >= 0.3 is 0 Å². The molecule has 1 aliphatic carbocycles. The number of amides is 1. The maximum absolute atomic E-state index is 13.1. The fourth-order valence-corrected chi connectivity index (χ4v) is 6.96. The number of halogens is 2. The van der Waals surface area contributed by atoms with Gasteiger partial charge in [0.2, 0.25) is 0 Å². The number of aryl methyl sites for hydroxylation is 1. The summed E-state index contributed by atoms with van der Waals surface area (Å²) in [5, 5.41) is 3.99. The number of imidazole rings is 1. The Morgan fingerprint density at radius 1 is 1.12 bits per heavy atom. The average Bonchev–Trinajstić information content (AvgIpc) is 3.39. The average molecular weight is 519 g/mol. The molecule has 0 bridgehead atoms. The first kappa shape index (κ1) is 23.4. The summed E-state index contributed by atoms with van der Waals surface area (Å²) in [5.74, 6) is -0.223. The fourth-order valence-electron chi connectivity index (χ4n) is 5.25. The number of hydrogen-bond donors (Lipinski definition) is 1. The summed E-state index contributed by atoms with van der Waals surface area (Å²) >= 11 is 12.1. The van der Waals surface area contributed by atoms with Crippen molar-refractivity contribution in [1.82, 2.24) is 19.2 Å². The molecule has 2 aliphatic rings. The number of piperidine rings is 1. The van der Waals surface area contributed by atoms with Crippen molar-refractivity contribution in [3.05, 3.63) is 81.7 Å². The number of nitrogens with one attached hydrogen (secondary N) is 1.